The summed E-state index contributed by atoms with van der Waals surface area (Å²) in [5.74, 6) is 0. The fourth-order valence-corrected chi connectivity index (χ4v) is 4.14. The molecule has 4 aromatic rings. The number of hydrogen-bond acceptors (Lipinski definition) is 3. The Morgan fingerprint density at radius 3 is 1.92 bits per heavy atom. The van der Waals surface area contributed by atoms with Crippen molar-refractivity contribution < 1.29 is 4.79 Å². The quantitative estimate of drug-likeness (QED) is 0.296. The molecule has 1 aromatic heterocycles. The van der Waals surface area contributed by atoms with Crippen LogP contribution in [0.15, 0.2) is 95.3 Å². The SMILES string of the molecule is O=C=Nc1ccc(-c2scc(-c3ccccc3)c2-c2ccccc2)cc1. The second-order valence-electron chi connectivity index (χ2n) is 5.84. The molecular formula is C23H15NOS. The molecule has 0 spiro atoms. The summed E-state index contributed by atoms with van der Waals surface area (Å²) in [6.07, 6.45) is 1.58. The van der Waals surface area contributed by atoms with Crippen LogP contribution in [0, 0.1) is 0 Å². The van der Waals surface area contributed by atoms with Crippen LogP contribution >= 0.6 is 11.3 Å². The van der Waals surface area contributed by atoms with Gasteiger partial charge in [-0.05, 0) is 34.2 Å². The van der Waals surface area contributed by atoms with Crippen LogP contribution < -0.4 is 0 Å². The third kappa shape index (κ3) is 3.14. The third-order valence-corrected chi connectivity index (χ3v) is 5.27. The highest BCUT2D eigenvalue weighted by atomic mass is 32.1. The van der Waals surface area contributed by atoms with Crippen molar-refractivity contribution in [3.05, 3.63) is 90.3 Å². The maximum atomic E-state index is 10.4. The predicted molar refractivity (Wildman–Crippen MR) is 108 cm³/mol. The molecule has 0 amide bonds. The van der Waals surface area contributed by atoms with E-state index in [2.05, 4.69) is 58.9 Å². The van der Waals surface area contributed by atoms with Gasteiger partial charge in [-0.3, -0.25) is 0 Å². The Kier molecular flexibility index (Phi) is 4.57. The summed E-state index contributed by atoms with van der Waals surface area (Å²) in [6.45, 7) is 0. The minimum absolute atomic E-state index is 0.616. The fourth-order valence-electron chi connectivity index (χ4n) is 3.03. The van der Waals surface area contributed by atoms with E-state index in [0.29, 0.717) is 5.69 Å². The first-order valence-corrected chi connectivity index (χ1v) is 9.15. The fraction of sp³-hybridized carbons (Fsp3) is 0. The van der Waals surface area contributed by atoms with Gasteiger partial charge in [0.15, 0.2) is 0 Å². The highest BCUT2D eigenvalue weighted by Crippen LogP contribution is 2.44. The predicted octanol–water partition coefficient (Wildman–Crippen LogP) is 6.72. The third-order valence-electron chi connectivity index (χ3n) is 4.24. The van der Waals surface area contributed by atoms with Gasteiger partial charge in [0.1, 0.15) is 0 Å². The van der Waals surface area contributed by atoms with Gasteiger partial charge in [-0.2, -0.15) is 4.99 Å². The minimum Gasteiger partial charge on any atom is -0.211 e. The average Bonchev–Trinajstić information content (AvgIpc) is 3.15. The van der Waals surface area contributed by atoms with Crippen LogP contribution in [0.5, 0.6) is 0 Å². The summed E-state index contributed by atoms with van der Waals surface area (Å²) >= 11 is 1.73. The first-order chi connectivity index (χ1) is 12.9. The Balaban J connectivity index is 1.90. The molecule has 0 fully saturated rings. The maximum Gasteiger partial charge on any atom is 0.240 e. The van der Waals surface area contributed by atoms with E-state index < -0.39 is 0 Å². The van der Waals surface area contributed by atoms with Crippen LogP contribution in [0.3, 0.4) is 0 Å². The van der Waals surface area contributed by atoms with Gasteiger partial charge in [0, 0.05) is 16.0 Å². The molecular weight excluding hydrogens is 338 g/mol. The smallest absolute Gasteiger partial charge is 0.211 e. The van der Waals surface area contributed by atoms with Gasteiger partial charge in [-0.25, -0.2) is 4.79 Å². The number of nitrogens with zero attached hydrogens (tertiary/aromatic N) is 1. The molecule has 1 heterocycles. The normalized spacial score (nSPS) is 10.3. The van der Waals surface area contributed by atoms with E-state index in [-0.39, 0.29) is 0 Å². The molecule has 4 rings (SSSR count). The van der Waals surface area contributed by atoms with Crippen molar-refractivity contribution in [3.63, 3.8) is 0 Å². The number of isocyanates is 1. The summed E-state index contributed by atoms with van der Waals surface area (Å²) < 4.78 is 0. The number of benzene rings is 3. The highest BCUT2D eigenvalue weighted by molar-refractivity contribution is 7.14. The van der Waals surface area contributed by atoms with Crippen LogP contribution in [-0.2, 0) is 4.79 Å². The highest BCUT2D eigenvalue weighted by Gasteiger charge is 2.16. The summed E-state index contributed by atoms with van der Waals surface area (Å²) in [7, 11) is 0. The number of aliphatic imine (C=N–C) groups is 1. The molecule has 0 unspecified atom stereocenters. The molecule has 3 aromatic carbocycles. The van der Waals surface area contributed by atoms with E-state index in [1.165, 1.54) is 27.1 Å². The molecule has 3 heteroatoms. The van der Waals surface area contributed by atoms with Gasteiger partial charge in [0.25, 0.3) is 0 Å². The van der Waals surface area contributed by atoms with Crippen molar-refractivity contribution in [1.82, 2.24) is 0 Å². The lowest BCUT2D eigenvalue weighted by atomic mass is 9.95. The summed E-state index contributed by atoms with van der Waals surface area (Å²) in [4.78, 5) is 15.3. The molecule has 0 radical (unpaired) electrons. The molecule has 0 bridgehead atoms. The van der Waals surface area contributed by atoms with Crippen molar-refractivity contribution >= 4 is 23.1 Å². The van der Waals surface area contributed by atoms with E-state index in [1.807, 2.05) is 36.4 Å². The first-order valence-electron chi connectivity index (χ1n) is 8.27. The minimum atomic E-state index is 0.616. The van der Waals surface area contributed by atoms with Gasteiger partial charge >= 0.3 is 0 Å². The lowest BCUT2D eigenvalue weighted by molar-refractivity contribution is 0.565. The number of thiophene rings is 1. The largest absolute Gasteiger partial charge is 0.240 e. The molecule has 0 saturated heterocycles. The Labute approximate surface area is 156 Å². The van der Waals surface area contributed by atoms with Crippen LogP contribution in [0.25, 0.3) is 32.7 Å². The maximum absolute atomic E-state index is 10.4. The standard InChI is InChI=1S/C23H15NOS/c25-16-24-20-13-11-19(12-14-20)23-22(18-9-5-2-6-10-18)21(15-26-23)17-7-3-1-4-8-17/h1-15H. The van der Waals surface area contributed by atoms with Gasteiger partial charge in [-0.15, -0.1) is 11.3 Å². The number of rotatable bonds is 4. The molecule has 0 N–H and O–H groups in total. The van der Waals surface area contributed by atoms with Crippen LogP contribution in [0.1, 0.15) is 0 Å². The number of hydrogen-bond donors (Lipinski definition) is 0. The number of carbonyl (C=O) groups excluding carboxylic acids is 1. The molecule has 2 nitrogen and oxygen atoms in total. The molecule has 0 saturated carbocycles. The van der Waals surface area contributed by atoms with Crippen LogP contribution in [0.2, 0.25) is 0 Å². The van der Waals surface area contributed by atoms with Gasteiger partial charge < -0.3 is 0 Å². The topological polar surface area (TPSA) is 29.4 Å². The zero-order valence-corrected chi connectivity index (χ0v) is 14.7. The first kappa shape index (κ1) is 16.2. The lowest BCUT2D eigenvalue weighted by Gasteiger charge is -2.09. The van der Waals surface area contributed by atoms with Crippen molar-refractivity contribution in [2.45, 2.75) is 0 Å². The Hall–Kier alpha value is -3.26. The summed E-state index contributed by atoms with van der Waals surface area (Å²) in [5.41, 5.74) is 6.58. The van der Waals surface area contributed by atoms with E-state index in [0.717, 1.165) is 5.56 Å². The Bertz CT molecular complexity index is 1060. The molecule has 26 heavy (non-hydrogen) atoms. The molecule has 0 aliphatic carbocycles. The van der Waals surface area contributed by atoms with Crippen molar-refractivity contribution in [2.75, 3.05) is 0 Å². The monoisotopic (exact) mass is 353 g/mol. The van der Waals surface area contributed by atoms with Crippen molar-refractivity contribution in [1.29, 1.82) is 0 Å². The molecule has 0 aliphatic rings. The van der Waals surface area contributed by atoms with E-state index in [9.17, 15) is 4.79 Å². The van der Waals surface area contributed by atoms with E-state index in [4.69, 9.17) is 0 Å². The van der Waals surface area contributed by atoms with E-state index in [1.54, 1.807) is 17.4 Å². The van der Waals surface area contributed by atoms with Crippen LogP contribution in [0.4, 0.5) is 5.69 Å². The Morgan fingerprint density at radius 2 is 1.31 bits per heavy atom. The zero-order valence-electron chi connectivity index (χ0n) is 13.9. The molecule has 0 atom stereocenters. The van der Waals surface area contributed by atoms with Gasteiger partial charge in [0.2, 0.25) is 6.08 Å². The van der Waals surface area contributed by atoms with Gasteiger partial charge in [-0.1, -0.05) is 72.8 Å². The summed E-state index contributed by atoms with van der Waals surface area (Å²) in [5, 5.41) is 2.21. The second-order valence-corrected chi connectivity index (χ2v) is 6.72. The molecule has 0 aliphatic heterocycles. The van der Waals surface area contributed by atoms with Crippen molar-refractivity contribution in [2.24, 2.45) is 4.99 Å². The second kappa shape index (κ2) is 7.32. The van der Waals surface area contributed by atoms with E-state index >= 15 is 0 Å². The van der Waals surface area contributed by atoms with Crippen molar-refractivity contribution in [3.8, 4) is 32.7 Å². The average molecular weight is 353 g/mol. The summed E-state index contributed by atoms with van der Waals surface area (Å²) in [6, 6.07) is 28.6. The lowest BCUT2D eigenvalue weighted by Crippen LogP contribution is -1.83. The van der Waals surface area contributed by atoms with Gasteiger partial charge in [0.05, 0.1) is 5.69 Å². The van der Waals surface area contributed by atoms with Crippen LogP contribution in [-0.4, -0.2) is 6.08 Å². The molecule has 124 valence electrons. The Morgan fingerprint density at radius 1 is 0.692 bits per heavy atom. The zero-order chi connectivity index (χ0) is 17.8.